The molecule has 0 aliphatic heterocycles. The van der Waals surface area contributed by atoms with E-state index in [-0.39, 0.29) is 24.9 Å². The molecule has 0 fully saturated rings. The Morgan fingerprint density at radius 3 is 1.29 bits per heavy atom. The molecule has 0 rings (SSSR count). The van der Waals surface area contributed by atoms with Crippen molar-refractivity contribution in [2.45, 2.75) is 289 Å². The lowest BCUT2D eigenvalue weighted by Gasteiger charge is -2.24. The molecule has 6 nitrogen and oxygen atoms in total. The second kappa shape index (κ2) is 53.3. The fourth-order valence-corrected chi connectivity index (χ4v) is 8.23. The predicted molar refractivity (Wildman–Crippen MR) is 287 cm³/mol. The maximum Gasteiger partial charge on any atom is 0.306 e. The van der Waals surface area contributed by atoms with Crippen LogP contribution in [0.5, 0.6) is 0 Å². The van der Waals surface area contributed by atoms with Crippen molar-refractivity contribution in [2.75, 3.05) is 6.61 Å². The van der Waals surface area contributed by atoms with Crippen LogP contribution in [-0.2, 0) is 14.3 Å². The molecule has 0 bridgehead atoms. The average Bonchev–Trinajstić information content (AvgIpc) is 3.31. The van der Waals surface area contributed by atoms with Crippen LogP contribution in [0, 0.1) is 0 Å². The number of aliphatic hydroxyl groups excluding tert-OH is 2. The predicted octanol–water partition coefficient (Wildman–Crippen LogP) is 17.3. The first-order valence-electron chi connectivity index (χ1n) is 28.2. The van der Waals surface area contributed by atoms with E-state index in [4.69, 9.17) is 4.74 Å². The normalized spacial score (nSPS) is 13.7. The van der Waals surface area contributed by atoms with Gasteiger partial charge in [0.25, 0.3) is 0 Å². The zero-order chi connectivity index (χ0) is 48.1. The smallest absolute Gasteiger partial charge is 0.306 e. The van der Waals surface area contributed by atoms with E-state index in [1.165, 1.54) is 122 Å². The van der Waals surface area contributed by atoms with E-state index in [9.17, 15) is 19.8 Å². The highest BCUT2D eigenvalue weighted by atomic mass is 16.5. The first-order chi connectivity index (χ1) is 32.5. The number of ether oxygens (including phenoxy) is 1. The van der Waals surface area contributed by atoms with Crippen molar-refractivity contribution in [1.82, 2.24) is 5.32 Å². The van der Waals surface area contributed by atoms with E-state index < -0.39 is 18.2 Å². The van der Waals surface area contributed by atoms with E-state index in [2.05, 4.69) is 99.0 Å². The van der Waals surface area contributed by atoms with Crippen LogP contribution in [0.25, 0.3) is 0 Å². The summed E-state index contributed by atoms with van der Waals surface area (Å²) in [6, 6.07) is -0.718. The molecule has 3 atom stereocenters. The van der Waals surface area contributed by atoms with E-state index >= 15 is 0 Å². The molecule has 0 spiro atoms. The van der Waals surface area contributed by atoms with E-state index in [0.29, 0.717) is 19.3 Å². The standard InChI is InChI=1S/C60H107NO5/c1-4-7-10-13-16-19-22-25-27-28-29-30-32-35-38-41-44-47-50-53-60(65)66-56(51-48-45-42-39-36-33-24-21-18-15-12-9-6-3)54-59(64)61-57(55-62)58(63)52-49-46-43-40-37-34-31-26-23-20-17-14-11-8-5-2/h16,18-19,21,24-25,27,29-30,33,35,38,56-58,62-63H,4-15,17,20,22-23,26,28,31-32,34,36-37,39-55H2,1-3H3,(H,61,64)/b19-16-,21-18+,27-25-,30-29-,33-24+,38-35-. The summed E-state index contributed by atoms with van der Waals surface area (Å²) in [5, 5.41) is 23.8. The number of amides is 1. The lowest BCUT2D eigenvalue weighted by atomic mass is 10.0. The summed E-state index contributed by atoms with van der Waals surface area (Å²) in [5.41, 5.74) is 0. The molecule has 0 saturated heterocycles. The fraction of sp³-hybridized carbons (Fsp3) is 0.767. The molecule has 1 amide bonds. The third kappa shape index (κ3) is 47.8. The van der Waals surface area contributed by atoms with Gasteiger partial charge in [-0.05, 0) is 96.3 Å². The number of carbonyl (C=O) groups is 2. The second-order valence-corrected chi connectivity index (χ2v) is 19.0. The number of unbranched alkanes of at least 4 members (excludes halogenated alkanes) is 27. The minimum atomic E-state index is -0.802. The molecule has 0 aliphatic rings. The highest BCUT2D eigenvalue weighted by Crippen LogP contribution is 2.18. The largest absolute Gasteiger partial charge is 0.462 e. The number of allylic oxidation sites excluding steroid dienone is 12. The number of hydrogen-bond donors (Lipinski definition) is 3. The number of carbonyl (C=O) groups excluding carboxylic acids is 2. The topological polar surface area (TPSA) is 95.9 Å². The molecule has 66 heavy (non-hydrogen) atoms. The Bertz CT molecular complexity index is 1220. The molecule has 0 heterocycles. The van der Waals surface area contributed by atoms with Gasteiger partial charge in [0.2, 0.25) is 5.91 Å². The van der Waals surface area contributed by atoms with Crippen molar-refractivity contribution in [3.8, 4) is 0 Å². The van der Waals surface area contributed by atoms with Crippen LogP contribution in [0.15, 0.2) is 72.9 Å². The molecule has 0 aromatic rings. The molecule has 0 aromatic heterocycles. The average molecular weight is 923 g/mol. The first-order valence-corrected chi connectivity index (χ1v) is 28.2. The summed E-state index contributed by atoms with van der Waals surface area (Å²) in [7, 11) is 0. The van der Waals surface area contributed by atoms with Crippen molar-refractivity contribution in [2.24, 2.45) is 0 Å². The van der Waals surface area contributed by atoms with Gasteiger partial charge in [-0.15, -0.1) is 0 Å². The van der Waals surface area contributed by atoms with Gasteiger partial charge < -0.3 is 20.3 Å². The Kier molecular flexibility index (Phi) is 51.1. The van der Waals surface area contributed by atoms with E-state index in [0.717, 1.165) is 103 Å². The minimum Gasteiger partial charge on any atom is -0.462 e. The number of hydrogen-bond acceptors (Lipinski definition) is 5. The van der Waals surface area contributed by atoms with Gasteiger partial charge in [0.15, 0.2) is 0 Å². The lowest BCUT2D eigenvalue weighted by molar-refractivity contribution is -0.151. The lowest BCUT2D eigenvalue weighted by Crippen LogP contribution is -2.46. The Labute approximate surface area is 409 Å². The van der Waals surface area contributed by atoms with Crippen LogP contribution in [0.4, 0.5) is 0 Å². The maximum atomic E-state index is 13.2. The third-order valence-corrected chi connectivity index (χ3v) is 12.5. The van der Waals surface area contributed by atoms with Crippen molar-refractivity contribution >= 4 is 11.9 Å². The van der Waals surface area contributed by atoms with Gasteiger partial charge in [-0.25, -0.2) is 0 Å². The highest BCUT2D eigenvalue weighted by Gasteiger charge is 2.24. The molecular weight excluding hydrogens is 815 g/mol. The SMILES string of the molecule is CCCCC/C=C\C/C=C\C/C=C\C/C=C\CCCCCC(=O)OC(CCCCCC/C=C/C=C/CCCCC)CC(=O)NC(CO)C(O)CCCCCCCCCCCCCCCCC. The Balaban J connectivity index is 4.62. The first kappa shape index (κ1) is 63.3. The number of nitrogens with one attached hydrogen (secondary N) is 1. The van der Waals surface area contributed by atoms with Crippen LogP contribution in [0.1, 0.15) is 271 Å². The van der Waals surface area contributed by atoms with Gasteiger partial charge in [0.1, 0.15) is 6.10 Å². The van der Waals surface area contributed by atoms with Gasteiger partial charge in [0.05, 0.1) is 25.2 Å². The molecule has 3 N–H and O–H groups in total. The summed E-state index contributed by atoms with van der Waals surface area (Å²) in [5.74, 6) is -0.528. The number of esters is 1. The molecule has 0 radical (unpaired) electrons. The van der Waals surface area contributed by atoms with Gasteiger partial charge in [-0.1, -0.05) is 235 Å². The minimum absolute atomic E-state index is 0.0489. The number of rotatable bonds is 50. The number of aliphatic hydroxyl groups is 2. The molecule has 0 aliphatic carbocycles. The molecule has 6 heteroatoms. The molecule has 3 unspecified atom stereocenters. The monoisotopic (exact) mass is 922 g/mol. The van der Waals surface area contributed by atoms with Crippen LogP contribution < -0.4 is 5.32 Å². The van der Waals surface area contributed by atoms with Crippen molar-refractivity contribution in [3.63, 3.8) is 0 Å². The van der Waals surface area contributed by atoms with Crippen LogP contribution in [0.3, 0.4) is 0 Å². The quantitative estimate of drug-likeness (QED) is 0.0244. The van der Waals surface area contributed by atoms with Gasteiger partial charge >= 0.3 is 5.97 Å². The molecule has 0 saturated carbocycles. The van der Waals surface area contributed by atoms with Crippen molar-refractivity contribution in [1.29, 1.82) is 0 Å². The van der Waals surface area contributed by atoms with Crippen LogP contribution in [-0.4, -0.2) is 46.9 Å². The Hall–Kier alpha value is -2.70. The maximum absolute atomic E-state index is 13.2. The van der Waals surface area contributed by atoms with E-state index in [1.807, 2.05) is 0 Å². The van der Waals surface area contributed by atoms with Gasteiger partial charge in [0, 0.05) is 6.42 Å². The highest BCUT2D eigenvalue weighted by molar-refractivity contribution is 5.77. The zero-order valence-corrected chi connectivity index (χ0v) is 43.6. The molecule has 0 aromatic carbocycles. The zero-order valence-electron chi connectivity index (χ0n) is 43.6. The fourth-order valence-electron chi connectivity index (χ4n) is 8.23. The summed E-state index contributed by atoms with van der Waals surface area (Å²) in [6.45, 7) is 6.43. The van der Waals surface area contributed by atoms with Crippen LogP contribution in [0.2, 0.25) is 0 Å². The summed E-state index contributed by atoms with van der Waals surface area (Å²) in [6.07, 6.45) is 68.2. The summed E-state index contributed by atoms with van der Waals surface area (Å²) >= 11 is 0. The summed E-state index contributed by atoms with van der Waals surface area (Å²) < 4.78 is 5.93. The van der Waals surface area contributed by atoms with Crippen molar-refractivity contribution in [3.05, 3.63) is 72.9 Å². The molecule has 382 valence electrons. The van der Waals surface area contributed by atoms with Gasteiger partial charge in [-0.2, -0.15) is 0 Å². The Morgan fingerprint density at radius 2 is 0.818 bits per heavy atom. The van der Waals surface area contributed by atoms with Gasteiger partial charge in [-0.3, -0.25) is 9.59 Å². The third-order valence-electron chi connectivity index (χ3n) is 12.5. The second-order valence-electron chi connectivity index (χ2n) is 19.0. The Morgan fingerprint density at radius 1 is 0.455 bits per heavy atom. The van der Waals surface area contributed by atoms with Crippen LogP contribution >= 0.6 is 0 Å². The molecular formula is C60H107NO5. The summed E-state index contributed by atoms with van der Waals surface area (Å²) in [4.78, 5) is 26.2. The van der Waals surface area contributed by atoms with Crippen molar-refractivity contribution < 1.29 is 24.5 Å². The van der Waals surface area contributed by atoms with E-state index in [1.54, 1.807) is 0 Å².